The van der Waals surface area contributed by atoms with Gasteiger partial charge in [0.25, 0.3) is 0 Å². The van der Waals surface area contributed by atoms with Crippen molar-refractivity contribution in [3.63, 3.8) is 0 Å². The third-order valence-electron chi connectivity index (χ3n) is 3.12. The Balaban J connectivity index is 3.26. The lowest BCUT2D eigenvalue weighted by Crippen LogP contribution is -2.37. The Kier molecular flexibility index (Phi) is 5.32. The second kappa shape index (κ2) is 6.38. The number of aromatic nitrogens is 1. The van der Waals surface area contributed by atoms with Gasteiger partial charge < -0.3 is 14.8 Å². The van der Waals surface area contributed by atoms with Crippen molar-refractivity contribution in [2.75, 3.05) is 13.7 Å². The zero-order chi connectivity index (χ0) is 15.5. The molecule has 0 spiro atoms. The summed E-state index contributed by atoms with van der Waals surface area (Å²) in [5.74, 6) is -1.17. The van der Waals surface area contributed by atoms with Crippen LogP contribution in [0.25, 0.3) is 0 Å². The summed E-state index contributed by atoms with van der Waals surface area (Å²) in [6.45, 7) is 3.56. The number of aliphatic hydroxyl groups is 1. The van der Waals surface area contributed by atoms with Crippen LogP contribution in [-0.2, 0) is 16.6 Å². The Morgan fingerprint density at radius 1 is 1.50 bits per heavy atom. The molecule has 0 amide bonds. The van der Waals surface area contributed by atoms with E-state index in [0.717, 1.165) is 10.4 Å². The van der Waals surface area contributed by atoms with Gasteiger partial charge in [-0.2, -0.15) is 4.31 Å². The number of rotatable bonds is 7. The van der Waals surface area contributed by atoms with E-state index in [4.69, 9.17) is 10.2 Å². The van der Waals surface area contributed by atoms with Crippen LogP contribution in [0.1, 0.15) is 30.8 Å². The lowest BCUT2D eigenvalue weighted by molar-refractivity contribution is 0.0685. The highest BCUT2D eigenvalue weighted by atomic mass is 32.2. The average Bonchev–Trinajstić information content (AvgIpc) is 2.82. The number of carboxylic acids is 1. The maximum Gasteiger partial charge on any atom is 0.352 e. The molecule has 0 bridgehead atoms. The molecule has 20 heavy (non-hydrogen) atoms. The van der Waals surface area contributed by atoms with Crippen molar-refractivity contribution in [1.29, 1.82) is 0 Å². The van der Waals surface area contributed by atoms with Crippen LogP contribution in [0.4, 0.5) is 0 Å². The fraction of sp³-hybridized carbons (Fsp3) is 0.583. The van der Waals surface area contributed by atoms with Gasteiger partial charge in [0.15, 0.2) is 0 Å². The largest absolute Gasteiger partial charge is 0.477 e. The maximum atomic E-state index is 12.3. The zero-order valence-electron chi connectivity index (χ0n) is 11.8. The van der Waals surface area contributed by atoms with Crippen LogP contribution in [0, 0.1) is 0 Å². The lowest BCUT2D eigenvalue weighted by Gasteiger charge is -2.21. The minimum absolute atomic E-state index is 0.0597. The Bertz CT molecular complexity index is 579. The summed E-state index contributed by atoms with van der Waals surface area (Å²) in [5.41, 5.74) is -0.0597. The van der Waals surface area contributed by atoms with Crippen LogP contribution in [-0.4, -0.2) is 53.2 Å². The summed E-state index contributed by atoms with van der Waals surface area (Å²) < 4.78 is 27.1. The van der Waals surface area contributed by atoms with Crippen LogP contribution in [0.15, 0.2) is 17.2 Å². The molecule has 1 unspecified atom stereocenters. The highest BCUT2D eigenvalue weighted by molar-refractivity contribution is 7.89. The van der Waals surface area contributed by atoms with Gasteiger partial charge in [-0.15, -0.1) is 0 Å². The van der Waals surface area contributed by atoms with E-state index in [1.165, 1.54) is 17.8 Å². The third kappa shape index (κ3) is 3.20. The standard InChI is InChI=1S/C12H20N2O5S/c1-4-5-14-7-10(6-11(14)12(16)17)20(18,19)13(3)9(2)8-15/h6-7,9,15H,4-5,8H2,1-3H3,(H,16,17). The van der Waals surface area contributed by atoms with Crippen molar-refractivity contribution >= 4 is 16.0 Å². The molecule has 1 aromatic rings. The lowest BCUT2D eigenvalue weighted by atomic mass is 10.4. The van der Waals surface area contributed by atoms with E-state index in [2.05, 4.69) is 0 Å². The predicted molar refractivity (Wildman–Crippen MR) is 73.2 cm³/mol. The predicted octanol–water partition coefficient (Wildman–Crippen LogP) is 0.598. The Labute approximate surface area is 118 Å². The Morgan fingerprint density at radius 3 is 2.55 bits per heavy atom. The maximum absolute atomic E-state index is 12.3. The number of carboxylic acid groups (broad SMARTS) is 1. The number of nitrogens with zero attached hydrogens (tertiary/aromatic N) is 2. The first-order valence-electron chi connectivity index (χ1n) is 6.28. The monoisotopic (exact) mass is 304 g/mol. The summed E-state index contributed by atoms with van der Waals surface area (Å²) in [6.07, 6.45) is 2.01. The molecule has 0 saturated heterocycles. The summed E-state index contributed by atoms with van der Waals surface area (Å²) in [4.78, 5) is 11.0. The van der Waals surface area contributed by atoms with Crippen LogP contribution >= 0.6 is 0 Å². The normalized spacial score (nSPS) is 13.7. The fourth-order valence-electron chi connectivity index (χ4n) is 1.75. The van der Waals surface area contributed by atoms with Gasteiger partial charge in [-0.3, -0.25) is 0 Å². The molecule has 0 saturated carbocycles. The van der Waals surface area contributed by atoms with Gasteiger partial charge in [0.1, 0.15) is 10.6 Å². The van der Waals surface area contributed by atoms with E-state index in [-0.39, 0.29) is 17.2 Å². The average molecular weight is 304 g/mol. The van der Waals surface area contributed by atoms with E-state index in [0.29, 0.717) is 13.0 Å². The number of aliphatic hydroxyl groups excluding tert-OH is 1. The van der Waals surface area contributed by atoms with Crippen LogP contribution in [0.5, 0.6) is 0 Å². The number of likely N-dealkylation sites (N-methyl/N-ethyl adjacent to an activating group) is 1. The highest BCUT2D eigenvalue weighted by Crippen LogP contribution is 2.20. The molecular weight excluding hydrogens is 284 g/mol. The van der Waals surface area contributed by atoms with Crippen LogP contribution in [0.2, 0.25) is 0 Å². The van der Waals surface area contributed by atoms with Crippen molar-refractivity contribution < 1.29 is 23.4 Å². The number of aryl methyl sites for hydroxylation is 1. The molecule has 0 radical (unpaired) electrons. The molecule has 8 heteroatoms. The van der Waals surface area contributed by atoms with Crippen molar-refractivity contribution in [2.45, 2.75) is 37.8 Å². The highest BCUT2D eigenvalue weighted by Gasteiger charge is 2.28. The molecule has 0 aromatic carbocycles. The summed E-state index contributed by atoms with van der Waals surface area (Å²) >= 11 is 0. The van der Waals surface area contributed by atoms with Crippen LogP contribution < -0.4 is 0 Å². The molecule has 7 nitrogen and oxygen atoms in total. The number of aromatic carboxylic acids is 1. The molecule has 0 aliphatic rings. The topological polar surface area (TPSA) is 99.8 Å². The second-order valence-corrected chi connectivity index (χ2v) is 6.61. The Hall–Kier alpha value is -1.38. The molecule has 1 atom stereocenters. The van der Waals surface area contributed by atoms with Gasteiger partial charge in [0.2, 0.25) is 10.0 Å². The SMILES string of the molecule is CCCn1cc(S(=O)(=O)N(C)C(C)CO)cc1C(=O)O. The van der Waals surface area contributed by atoms with E-state index in [1.807, 2.05) is 6.92 Å². The zero-order valence-corrected chi connectivity index (χ0v) is 12.6. The first-order valence-corrected chi connectivity index (χ1v) is 7.72. The first-order chi connectivity index (χ1) is 9.25. The first kappa shape index (κ1) is 16.7. The minimum atomic E-state index is -3.81. The quantitative estimate of drug-likeness (QED) is 0.768. The summed E-state index contributed by atoms with van der Waals surface area (Å²) in [6, 6.07) is 0.566. The van der Waals surface area contributed by atoms with Gasteiger partial charge in [-0.25, -0.2) is 13.2 Å². The van der Waals surface area contributed by atoms with Crippen molar-refractivity contribution in [2.24, 2.45) is 0 Å². The molecule has 0 aliphatic carbocycles. The number of carbonyl (C=O) groups is 1. The van der Waals surface area contributed by atoms with E-state index in [1.54, 1.807) is 6.92 Å². The van der Waals surface area contributed by atoms with E-state index >= 15 is 0 Å². The molecule has 1 aromatic heterocycles. The summed E-state index contributed by atoms with van der Waals surface area (Å²) in [7, 11) is -2.46. The Morgan fingerprint density at radius 2 is 2.10 bits per heavy atom. The second-order valence-electron chi connectivity index (χ2n) is 4.61. The molecule has 1 heterocycles. The van der Waals surface area contributed by atoms with Crippen molar-refractivity contribution in [3.8, 4) is 0 Å². The van der Waals surface area contributed by atoms with Gasteiger partial charge >= 0.3 is 5.97 Å². The molecule has 1 rings (SSSR count). The number of hydrogen-bond donors (Lipinski definition) is 2. The van der Waals surface area contributed by atoms with Gasteiger partial charge in [0.05, 0.1) is 6.61 Å². The van der Waals surface area contributed by atoms with Gasteiger partial charge in [-0.05, 0) is 19.4 Å². The van der Waals surface area contributed by atoms with E-state index in [9.17, 15) is 13.2 Å². The van der Waals surface area contributed by atoms with Gasteiger partial charge in [0, 0.05) is 25.8 Å². The van der Waals surface area contributed by atoms with Crippen molar-refractivity contribution in [3.05, 3.63) is 18.0 Å². The van der Waals surface area contributed by atoms with Crippen LogP contribution in [0.3, 0.4) is 0 Å². The van der Waals surface area contributed by atoms with Crippen molar-refractivity contribution in [1.82, 2.24) is 8.87 Å². The molecule has 0 aliphatic heterocycles. The minimum Gasteiger partial charge on any atom is -0.477 e. The third-order valence-corrected chi connectivity index (χ3v) is 5.05. The fourth-order valence-corrected chi connectivity index (χ4v) is 3.14. The molecule has 2 N–H and O–H groups in total. The molecule has 114 valence electrons. The smallest absolute Gasteiger partial charge is 0.352 e. The molecular formula is C12H20N2O5S. The number of sulfonamides is 1. The molecule has 0 fully saturated rings. The van der Waals surface area contributed by atoms with Gasteiger partial charge in [-0.1, -0.05) is 6.92 Å². The number of hydrogen-bond acceptors (Lipinski definition) is 4. The van der Waals surface area contributed by atoms with E-state index < -0.39 is 22.0 Å². The summed E-state index contributed by atoms with van der Waals surface area (Å²) in [5, 5.41) is 18.1.